The Labute approximate surface area is 96.6 Å². The zero-order chi connectivity index (χ0) is 9.68. The summed E-state index contributed by atoms with van der Waals surface area (Å²) in [5.74, 6) is -0.177. The van der Waals surface area contributed by atoms with Crippen molar-refractivity contribution in [2.75, 3.05) is 0 Å². The molecule has 1 aromatic carbocycles. The molecule has 14 heavy (non-hydrogen) atoms. The Hall–Kier alpha value is -1.07. The molecule has 0 aliphatic rings. The summed E-state index contributed by atoms with van der Waals surface area (Å²) in [4.78, 5) is 0. The molecule has 0 aliphatic carbocycles. The number of hydrogen-bond acceptors (Lipinski definition) is 2. The molecule has 4 nitrogen and oxygen atoms in total. The van der Waals surface area contributed by atoms with E-state index in [0.29, 0.717) is 0 Å². The molecule has 0 atom stereocenters. The van der Waals surface area contributed by atoms with Gasteiger partial charge in [-0.05, 0) is 6.07 Å². The Balaban J connectivity index is 0.00000169. The first kappa shape index (κ1) is 12.9. The van der Waals surface area contributed by atoms with Crippen LogP contribution in [0.5, 0.6) is 0 Å². The first-order chi connectivity index (χ1) is 6.20. The highest BCUT2D eigenvalue weighted by Gasteiger charge is 1.92. The summed E-state index contributed by atoms with van der Waals surface area (Å²) >= 11 is 3.36. The summed E-state index contributed by atoms with van der Waals surface area (Å²) in [6.45, 7) is 0. The number of benzene rings is 1. The first-order valence-corrected chi connectivity index (χ1v) is 4.37. The van der Waals surface area contributed by atoms with Gasteiger partial charge in [0.25, 0.3) is 0 Å². The maximum Gasteiger partial charge on any atom is 0.206 e. The number of rotatable bonds is 2. The second-order valence-corrected chi connectivity index (χ2v) is 3.16. The van der Waals surface area contributed by atoms with Crippen LogP contribution in [0.3, 0.4) is 0 Å². The topological polar surface area (TPSA) is 74.3 Å². The van der Waals surface area contributed by atoms with E-state index in [4.69, 9.17) is 11.1 Å². The fourth-order valence-corrected chi connectivity index (χ4v) is 1.14. The summed E-state index contributed by atoms with van der Waals surface area (Å²) in [6, 6.07) is 7.63. The number of halogens is 2. The van der Waals surface area contributed by atoms with E-state index in [9.17, 15) is 0 Å². The van der Waals surface area contributed by atoms with Gasteiger partial charge in [-0.25, -0.2) is 5.43 Å². The number of guanidine groups is 1. The lowest BCUT2D eigenvalue weighted by Gasteiger charge is -1.96. The molecule has 1 aromatic rings. The van der Waals surface area contributed by atoms with Crippen molar-refractivity contribution in [1.29, 1.82) is 5.41 Å². The van der Waals surface area contributed by atoms with Gasteiger partial charge in [0, 0.05) is 10.0 Å². The highest BCUT2D eigenvalue weighted by molar-refractivity contribution is 9.10. The SMILES string of the molecule is Cl.N=C(N)N/N=C/c1ccccc1Br. The van der Waals surface area contributed by atoms with E-state index in [1.165, 1.54) is 0 Å². The van der Waals surface area contributed by atoms with Crippen LogP contribution in [-0.4, -0.2) is 12.2 Å². The maximum atomic E-state index is 6.86. The Bertz CT molecular complexity index is 340. The molecule has 0 spiro atoms. The van der Waals surface area contributed by atoms with Crippen LogP contribution in [0.25, 0.3) is 0 Å². The van der Waals surface area contributed by atoms with Crippen molar-refractivity contribution in [2.45, 2.75) is 0 Å². The quantitative estimate of drug-likeness (QED) is 0.437. The molecular weight excluding hydrogens is 267 g/mol. The van der Waals surface area contributed by atoms with E-state index in [1.807, 2.05) is 24.3 Å². The van der Waals surface area contributed by atoms with Gasteiger partial charge in [0.2, 0.25) is 5.96 Å². The Morgan fingerprint density at radius 2 is 2.14 bits per heavy atom. The van der Waals surface area contributed by atoms with Crippen LogP contribution >= 0.6 is 28.3 Å². The van der Waals surface area contributed by atoms with E-state index in [1.54, 1.807) is 6.21 Å². The predicted octanol–water partition coefficient (Wildman–Crippen LogP) is 1.69. The minimum Gasteiger partial charge on any atom is -0.369 e. The monoisotopic (exact) mass is 276 g/mol. The van der Waals surface area contributed by atoms with E-state index < -0.39 is 0 Å². The van der Waals surface area contributed by atoms with Gasteiger partial charge in [-0.1, -0.05) is 34.1 Å². The summed E-state index contributed by atoms with van der Waals surface area (Å²) in [6.07, 6.45) is 1.59. The van der Waals surface area contributed by atoms with E-state index in [0.717, 1.165) is 10.0 Å². The second-order valence-electron chi connectivity index (χ2n) is 2.31. The van der Waals surface area contributed by atoms with Gasteiger partial charge in [0.1, 0.15) is 0 Å². The average Bonchev–Trinajstić information content (AvgIpc) is 2.08. The average molecular weight is 278 g/mol. The first-order valence-electron chi connectivity index (χ1n) is 3.58. The smallest absolute Gasteiger partial charge is 0.206 e. The number of hydrogen-bond donors (Lipinski definition) is 3. The largest absolute Gasteiger partial charge is 0.369 e. The van der Waals surface area contributed by atoms with Gasteiger partial charge in [0.05, 0.1) is 6.21 Å². The zero-order valence-corrected chi connectivity index (χ0v) is 9.60. The van der Waals surface area contributed by atoms with Gasteiger partial charge in [-0.15, -0.1) is 12.4 Å². The molecule has 0 fully saturated rings. The van der Waals surface area contributed by atoms with Gasteiger partial charge in [0.15, 0.2) is 0 Å². The van der Waals surface area contributed by atoms with E-state index in [-0.39, 0.29) is 18.4 Å². The summed E-state index contributed by atoms with van der Waals surface area (Å²) < 4.78 is 0.948. The van der Waals surface area contributed by atoms with Crippen LogP contribution in [0.4, 0.5) is 0 Å². The fraction of sp³-hybridized carbons (Fsp3) is 0. The molecule has 6 heteroatoms. The minimum absolute atomic E-state index is 0. The Kier molecular flexibility index (Phi) is 5.91. The highest BCUT2D eigenvalue weighted by atomic mass is 79.9. The Morgan fingerprint density at radius 3 is 2.71 bits per heavy atom. The van der Waals surface area contributed by atoms with Crippen LogP contribution < -0.4 is 11.2 Å². The van der Waals surface area contributed by atoms with Gasteiger partial charge >= 0.3 is 0 Å². The van der Waals surface area contributed by atoms with Gasteiger partial charge in [-0.2, -0.15) is 5.10 Å². The highest BCUT2D eigenvalue weighted by Crippen LogP contribution is 2.12. The molecule has 0 aliphatic heterocycles. The van der Waals surface area contributed by atoms with E-state index >= 15 is 0 Å². The second kappa shape index (κ2) is 6.39. The fourth-order valence-electron chi connectivity index (χ4n) is 0.751. The van der Waals surface area contributed by atoms with Crippen molar-refractivity contribution >= 4 is 40.5 Å². The predicted molar refractivity (Wildman–Crippen MR) is 64.0 cm³/mol. The van der Waals surface area contributed by atoms with Crippen molar-refractivity contribution < 1.29 is 0 Å². The summed E-state index contributed by atoms with van der Waals surface area (Å²) in [5, 5.41) is 10.6. The standard InChI is InChI=1S/C8H9BrN4.ClH/c9-7-4-2-1-3-6(7)5-12-13-8(10)11;/h1-5H,(H4,10,11,13);1H/b12-5+;. The zero-order valence-electron chi connectivity index (χ0n) is 7.20. The van der Waals surface area contributed by atoms with Crippen LogP contribution in [-0.2, 0) is 0 Å². The number of nitrogens with two attached hydrogens (primary N) is 1. The molecule has 0 bridgehead atoms. The molecule has 0 heterocycles. The van der Waals surface area contributed by atoms with Crippen molar-refractivity contribution in [1.82, 2.24) is 5.43 Å². The van der Waals surface area contributed by atoms with E-state index in [2.05, 4.69) is 26.5 Å². The third-order valence-corrected chi connectivity index (χ3v) is 2.02. The molecule has 1 rings (SSSR count). The Morgan fingerprint density at radius 1 is 1.50 bits per heavy atom. The maximum absolute atomic E-state index is 6.86. The van der Waals surface area contributed by atoms with Crippen LogP contribution in [0.1, 0.15) is 5.56 Å². The lowest BCUT2D eigenvalue weighted by molar-refractivity contribution is 1.00. The molecule has 76 valence electrons. The minimum atomic E-state index is -0.177. The van der Waals surface area contributed by atoms with Crippen molar-refractivity contribution in [3.05, 3.63) is 34.3 Å². The molecular formula is C8H10BrClN4. The van der Waals surface area contributed by atoms with Crippen LogP contribution in [0, 0.1) is 5.41 Å². The summed E-state index contributed by atoms with van der Waals surface area (Å²) in [5.41, 5.74) is 8.30. The van der Waals surface area contributed by atoms with Crippen molar-refractivity contribution in [3.8, 4) is 0 Å². The third-order valence-electron chi connectivity index (χ3n) is 1.29. The van der Waals surface area contributed by atoms with Gasteiger partial charge < -0.3 is 5.73 Å². The molecule has 0 saturated carbocycles. The molecule has 0 unspecified atom stereocenters. The van der Waals surface area contributed by atoms with Crippen molar-refractivity contribution in [3.63, 3.8) is 0 Å². The van der Waals surface area contributed by atoms with Crippen molar-refractivity contribution in [2.24, 2.45) is 10.8 Å². The molecule has 0 amide bonds. The third kappa shape index (κ3) is 4.25. The molecule has 0 aromatic heterocycles. The molecule has 4 N–H and O–H groups in total. The van der Waals surface area contributed by atoms with Gasteiger partial charge in [-0.3, -0.25) is 5.41 Å². The molecule has 0 radical (unpaired) electrons. The summed E-state index contributed by atoms with van der Waals surface area (Å²) in [7, 11) is 0. The lowest BCUT2D eigenvalue weighted by atomic mass is 10.2. The number of hydrazone groups is 1. The van der Waals surface area contributed by atoms with Crippen LogP contribution in [0.2, 0.25) is 0 Å². The molecule has 0 saturated heterocycles. The number of nitrogens with one attached hydrogen (secondary N) is 2. The normalized spacial score (nSPS) is 9.50. The number of nitrogens with zero attached hydrogens (tertiary/aromatic N) is 1. The van der Waals surface area contributed by atoms with Crippen LogP contribution in [0.15, 0.2) is 33.8 Å². The lowest BCUT2D eigenvalue weighted by Crippen LogP contribution is -2.25.